The highest BCUT2D eigenvalue weighted by Crippen LogP contribution is 2.34. The first kappa shape index (κ1) is 9.69. The third-order valence-electron chi connectivity index (χ3n) is 3.19. The minimum Gasteiger partial charge on any atom is -0.313 e. The zero-order valence-electron chi connectivity index (χ0n) is 8.45. The summed E-state index contributed by atoms with van der Waals surface area (Å²) in [5, 5.41) is 0. The van der Waals surface area contributed by atoms with Crippen LogP contribution < -0.4 is 11.5 Å². The predicted molar refractivity (Wildman–Crippen MR) is 58.8 cm³/mol. The molecule has 0 saturated heterocycles. The highest BCUT2D eigenvalue weighted by molar-refractivity contribution is 5.20. The Morgan fingerprint density at radius 2 is 1.57 bits per heavy atom. The second-order valence-corrected chi connectivity index (χ2v) is 4.42. The van der Waals surface area contributed by atoms with Crippen LogP contribution in [0.3, 0.4) is 0 Å². The minimum atomic E-state index is -0.411. The fraction of sp³-hybridized carbons (Fsp3) is 0.500. The Kier molecular flexibility index (Phi) is 2.57. The van der Waals surface area contributed by atoms with Crippen LogP contribution in [0.2, 0.25) is 0 Å². The zero-order valence-corrected chi connectivity index (χ0v) is 8.45. The molecule has 0 unspecified atom stereocenters. The van der Waals surface area contributed by atoms with Gasteiger partial charge in [0.15, 0.2) is 0 Å². The van der Waals surface area contributed by atoms with Crippen LogP contribution in [-0.4, -0.2) is 5.66 Å². The third kappa shape index (κ3) is 2.14. The molecule has 2 nitrogen and oxygen atoms in total. The van der Waals surface area contributed by atoms with Gasteiger partial charge in [-0.25, -0.2) is 0 Å². The SMILES string of the molecule is NC1(N)CCC(c2ccccc2)CC1. The van der Waals surface area contributed by atoms with Crippen molar-refractivity contribution < 1.29 is 0 Å². The fourth-order valence-electron chi connectivity index (χ4n) is 2.21. The lowest BCUT2D eigenvalue weighted by Gasteiger charge is -2.34. The molecule has 0 spiro atoms. The molecule has 14 heavy (non-hydrogen) atoms. The summed E-state index contributed by atoms with van der Waals surface area (Å²) < 4.78 is 0. The zero-order chi connectivity index (χ0) is 10.0. The van der Waals surface area contributed by atoms with Gasteiger partial charge in [-0.15, -0.1) is 0 Å². The summed E-state index contributed by atoms with van der Waals surface area (Å²) >= 11 is 0. The van der Waals surface area contributed by atoms with Crippen molar-refractivity contribution in [3.8, 4) is 0 Å². The van der Waals surface area contributed by atoms with Crippen LogP contribution in [0.1, 0.15) is 37.2 Å². The van der Waals surface area contributed by atoms with E-state index in [9.17, 15) is 0 Å². The average molecular weight is 190 g/mol. The summed E-state index contributed by atoms with van der Waals surface area (Å²) in [5.41, 5.74) is 12.8. The van der Waals surface area contributed by atoms with E-state index in [0.717, 1.165) is 25.7 Å². The van der Waals surface area contributed by atoms with Crippen molar-refractivity contribution >= 4 is 0 Å². The van der Waals surface area contributed by atoms with Crippen LogP contribution >= 0.6 is 0 Å². The van der Waals surface area contributed by atoms with Gasteiger partial charge < -0.3 is 11.5 Å². The standard InChI is InChI=1S/C12H18N2/c13-12(14)8-6-11(7-9-12)10-4-2-1-3-5-10/h1-5,11H,6-9,13-14H2. The van der Waals surface area contributed by atoms with E-state index < -0.39 is 5.66 Å². The maximum atomic E-state index is 5.90. The van der Waals surface area contributed by atoms with Crippen LogP contribution in [0.5, 0.6) is 0 Å². The van der Waals surface area contributed by atoms with Gasteiger partial charge in [-0.05, 0) is 37.2 Å². The first-order valence-corrected chi connectivity index (χ1v) is 5.30. The molecule has 0 bridgehead atoms. The van der Waals surface area contributed by atoms with E-state index in [4.69, 9.17) is 11.5 Å². The van der Waals surface area contributed by atoms with E-state index in [1.807, 2.05) is 0 Å². The third-order valence-corrected chi connectivity index (χ3v) is 3.19. The Balaban J connectivity index is 2.03. The van der Waals surface area contributed by atoms with Crippen molar-refractivity contribution in [3.05, 3.63) is 35.9 Å². The molecule has 1 aliphatic rings. The summed E-state index contributed by atoms with van der Waals surface area (Å²) in [6.45, 7) is 0. The Morgan fingerprint density at radius 3 is 2.14 bits per heavy atom. The molecule has 1 aromatic carbocycles. The lowest BCUT2D eigenvalue weighted by molar-refractivity contribution is 0.281. The van der Waals surface area contributed by atoms with Crippen molar-refractivity contribution in [1.29, 1.82) is 0 Å². The van der Waals surface area contributed by atoms with Gasteiger partial charge in [0.1, 0.15) is 0 Å². The fourth-order valence-corrected chi connectivity index (χ4v) is 2.21. The predicted octanol–water partition coefficient (Wildman–Crippen LogP) is 1.96. The summed E-state index contributed by atoms with van der Waals surface area (Å²) in [7, 11) is 0. The maximum absolute atomic E-state index is 5.90. The highest BCUT2D eigenvalue weighted by Gasteiger charge is 2.28. The second-order valence-electron chi connectivity index (χ2n) is 4.42. The van der Waals surface area contributed by atoms with Crippen LogP contribution in [0.15, 0.2) is 30.3 Å². The normalized spacial score (nSPS) is 22.1. The topological polar surface area (TPSA) is 52.0 Å². The molecular formula is C12H18N2. The number of hydrogen-bond donors (Lipinski definition) is 2. The van der Waals surface area contributed by atoms with E-state index in [1.54, 1.807) is 0 Å². The summed E-state index contributed by atoms with van der Waals surface area (Å²) in [6, 6.07) is 10.7. The van der Waals surface area contributed by atoms with Gasteiger partial charge >= 0.3 is 0 Å². The molecule has 1 fully saturated rings. The average Bonchev–Trinajstić information content (AvgIpc) is 2.19. The molecule has 2 rings (SSSR count). The van der Waals surface area contributed by atoms with Gasteiger partial charge in [0.2, 0.25) is 0 Å². The van der Waals surface area contributed by atoms with Crippen molar-refractivity contribution in [1.82, 2.24) is 0 Å². The number of hydrogen-bond acceptors (Lipinski definition) is 2. The van der Waals surface area contributed by atoms with E-state index in [0.29, 0.717) is 5.92 Å². The minimum absolute atomic E-state index is 0.411. The maximum Gasteiger partial charge on any atom is 0.0637 e. The Labute approximate surface area is 85.3 Å². The van der Waals surface area contributed by atoms with Gasteiger partial charge in [0.05, 0.1) is 5.66 Å². The molecule has 1 aliphatic carbocycles. The largest absolute Gasteiger partial charge is 0.313 e. The first-order chi connectivity index (χ1) is 6.67. The summed E-state index contributed by atoms with van der Waals surface area (Å²) in [5.74, 6) is 0.663. The van der Waals surface area contributed by atoms with Gasteiger partial charge in [0, 0.05) is 0 Å². The molecule has 1 saturated carbocycles. The number of benzene rings is 1. The number of nitrogens with two attached hydrogens (primary N) is 2. The van der Waals surface area contributed by atoms with Crippen molar-refractivity contribution in [2.75, 3.05) is 0 Å². The summed E-state index contributed by atoms with van der Waals surface area (Å²) in [6.07, 6.45) is 4.12. The molecule has 0 aliphatic heterocycles. The van der Waals surface area contributed by atoms with Crippen LogP contribution in [0, 0.1) is 0 Å². The van der Waals surface area contributed by atoms with Gasteiger partial charge in [0.25, 0.3) is 0 Å². The highest BCUT2D eigenvalue weighted by atomic mass is 15.0. The lowest BCUT2D eigenvalue weighted by Crippen LogP contribution is -2.51. The van der Waals surface area contributed by atoms with Crippen molar-refractivity contribution in [2.24, 2.45) is 11.5 Å². The van der Waals surface area contributed by atoms with Crippen molar-refractivity contribution in [2.45, 2.75) is 37.3 Å². The lowest BCUT2D eigenvalue weighted by atomic mass is 9.79. The molecule has 2 heteroatoms. The van der Waals surface area contributed by atoms with Crippen LogP contribution in [-0.2, 0) is 0 Å². The second kappa shape index (κ2) is 3.71. The van der Waals surface area contributed by atoms with Crippen molar-refractivity contribution in [3.63, 3.8) is 0 Å². The van der Waals surface area contributed by atoms with Crippen LogP contribution in [0.25, 0.3) is 0 Å². The quantitative estimate of drug-likeness (QED) is 0.665. The van der Waals surface area contributed by atoms with E-state index in [1.165, 1.54) is 5.56 Å². The van der Waals surface area contributed by atoms with E-state index in [2.05, 4.69) is 30.3 Å². The molecule has 4 N–H and O–H groups in total. The Bertz CT molecular complexity index is 282. The van der Waals surface area contributed by atoms with E-state index >= 15 is 0 Å². The molecule has 0 radical (unpaired) electrons. The number of rotatable bonds is 1. The van der Waals surface area contributed by atoms with Gasteiger partial charge in [-0.2, -0.15) is 0 Å². The van der Waals surface area contributed by atoms with E-state index in [-0.39, 0.29) is 0 Å². The molecule has 0 aromatic heterocycles. The molecular weight excluding hydrogens is 172 g/mol. The molecule has 1 aromatic rings. The summed E-state index contributed by atoms with van der Waals surface area (Å²) in [4.78, 5) is 0. The smallest absolute Gasteiger partial charge is 0.0637 e. The molecule has 0 atom stereocenters. The molecule has 76 valence electrons. The van der Waals surface area contributed by atoms with Gasteiger partial charge in [-0.3, -0.25) is 0 Å². The molecule has 0 amide bonds. The first-order valence-electron chi connectivity index (χ1n) is 5.30. The monoisotopic (exact) mass is 190 g/mol. The van der Waals surface area contributed by atoms with Gasteiger partial charge in [-0.1, -0.05) is 30.3 Å². The molecule has 0 heterocycles. The van der Waals surface area contributed by atoms with Crippen LogP contribution in [0.4, 0.5) is 0 Å². The Morgan fingerprint density at radius 1 is 1.00 bits per heavy atom. The Hall–Kier alpha value is -0.860.